The van der Waals surface area contributed by atoms with Crippen LogP contribution in [0.4, 0.5) is 13.2 Å². The molecule has 0 unspecified atom stereocenters. The van der Waals surface area contributed by atoms with Crippen LogP contribution in [0, 0.1) is 0 Å². The van der Waals surface area contributed by atoms with E-state index in [4.69, 9.17) is 9.47 Å². The predicted molar refractivity (Wildman–Crippen MR) is 94.0 cm³/mol. The fraction of sp³-hybridized carbons (Fsp3) is 0.421. The average molecular weight is 395 g/mol. The zero-order chi connectivity index (χ0) is 20.1. The van der Waals surface area contributed by atoms with Gasteiger partial charge in [-0.3, -0.25) is 4.79 Å². The van der Waals surface area contributed by atoms with Gasteiger partial charge >= 0.3 is 12.2 Å². The van der Waals surface area contributed by atoms with Crippen LogP contribution in [0.15, 0.2) is 36.5 Å². The van der Waals surface area contributed by atoms with Gasteiger partial charge in [-0.25, -0.2) is 4.98 Å². The summed E-state index contributed by atoms with van der Waals surface area (Å²) in [4.78, 5) is 22.1. The Morgan fingerprint density at radius 1 is 1.25 bits per heavy atom. The van der Waals surface area contributed by atoms with Gasteiger partial charge in [-0.1, -0.05) is 18.2 Å². The fourth-order valence-corrected chi connectivity index (χ4v) is 3.03. The van der Waals surface area contributed by atoms with Gasteiger partial charge in [0.2, 0.25) is 11.8 Å². The Kier molecular flexibility index (Phi) is 6.01. The number of nitrogens with zero attached hydrogens (tertiary/aromatic N) is 3. The van der Waals surface area contributed by atoms with Gasteiger partial charge in [0.15, 0.2) is 0 Å². The quantitative estimate of drug-likeness (QED) is 0.778. The standard InChI is InChI=1S/C19H20F3N3O3/c1-27-18-23-8-5-16(24-18)28-15-6-9-25(10-7-15)17(26)12-13-3-2-4-14(11-13)19(20,21)22/h2-5,8,11,15H,6-7,9-10,12H2,1H3. The molecular formula is C19H20F3N3O3. The molecule has 1 aromatic heterocycles. The number of halogens is 3. The molecule has 1 aliphatic heterocycles. The van der Waals surface area contributed by atoms with Crippen molar-refractivity contribution in [3.8, 4) is 11.9 Å². The highest BCUT2D eigenvalue weighted by Gasteiger charge is 2.31. The molecule has 0 saturated carbocycles. The van der Waals surface area contributed by atoms with E-state index in [2.05, 4.69) is 9.97 Å². The molecule has 0 N–H and O–H groups in total. The van der Waals surface area contributed by atoms with Crippen molar-refractivity contribution < 1.29 is 27.4 Å². The number of benzene rings is 1. The molecule has 9 heteroatoms. The van der Waals surface area contributed by atoms with Crippen LogP contribution >= 0.6 is 0 Å². The van der Waals surface area contributed by atoms with E-state index in [1.54, 1.807) is 11.0 Å². The van der Waals surface area contributed by atoms with Gasteiger partial charge in [0, 0.05) is 38.2 Å². The van der Waals surface area contributed by atoms with Gasteiger partial charge in [-0.2, -0.15) is 18.2 Å². The lowest BCUT2D eigenvalue weighted by atomic mass is 10.0. The first-order valence-electron chi connectivity index (χ1n) is 8.83. The Morgan fingerprint density at radius 2 is 2.00 bits per heavy atom. The maximum absolute atomic E-state index is 12.8. The first kappa shape index (κ1) is 19.9. The second-order valence-electron chi connectivity index (χ2n) is 6.45. The lowest BCUT2D eigenvalue weighted by Gasteiger charge is -2.32. The third kappa shape index (κ3) is 5.11. The number of carbonyl (C=O) groups is 1. The molecule has 1 saturated heterocycles. The highest BCUT2D eigenvalue weighted by molar-refractivity contribution is 5.79. The van der Waals surface area contributed by atoms with E-state index in [0.29, 0.717) is 37.4 Å². The summed E-state index contributed by atoms with van der Waals surface area (Å²) in [5.41, 5.74) is -0.392. The molecule has 1 fully saturated rings. The Labute approximate surface area is 160 Å². The lowest BCUT2D eigenvalue weighted by Crippen LogP contribution is -2.42. The topological polar surface area (TPSA) is 64.6 Å². The van der Waals surface area contributed by atoms with Crippen molar-refractivity contribution >= 4 is 5.91 Å². The monoisotopic (exact) mass is 395 g/mol. The highest BCUT2D eigenvalue weighted by atomic mass is 19.4. The predicted octanol–water partition coefficient (Wildman–Crippen LogP) is 3.12. The third-order valence-corrected chi connectivity index (χ3v) is 4.48. The zero-order valence-electron chi connectivity index (χ0n) is 15.3. The number of ether oxygens (including phenoxy) is 2. The van der Waals surface area contributed by atoms with Crippen LogP contribution in [0.1, 0.15) is 24.0 Å². The molecule has 3 rings (SSSR count). The van der Waals surface area contributed by atoms with Crippen LogP contribution in [-0.4, -0.2) is 47.1 Å². The SMILES string of the molecule is COc1nccc(OC2CCN(C(=O)Cc3cccc(C(F)(F)F)c3)CC2)n1. The summed E-state index contributed by atoms with van der Waals surface area (Å²) in [6.07, 6.45) is -1.81. The van der Waals surface area contributed by atoms with Crippen molar-refractivity contribution in [3.63, 3.8) is 0 Å². The molecule has 1 amide bonds. The number of aromatic nitrogens is 2. The first-order valence-corrected chi connectivity index (χ1v) is 8.83. The van der Waals surface area contributed by atoms with E-state index in [1.165, 1.54) is 25.4 Å². The molecule has 0 spiro atoms. The molecule has 2 aromatic rings. The van der Waals surface area contributed by atoms with Crippen molar-refractivity contribution in [1.29, 1.82) is 0 Å². The minimum atomic E-state index is -4.42. The van der Waals surface area contributed by atoms with Gasteiger partial charge in [0.05, 0.1) is 19.1 Å². The van der Waals surface area contributed by atoms with Gasteiger partial charge in [0.1, 0.15) is 6.10 Å². The molecular weight excluding hydrogens is 375 g/mol. The molecule has 6 nitrogen and oxygen atoms in total. The van der Waals surface area contributed by atoms with Crippen LogP contribution in [0.25, 0.3) is 0 Å². The Morgan fingerprint density at radius 3 is 2.68 bits per heavy atom. The third-order valence-electron chi connectivity index (χ3n) is 4.48. The highest BCUT2D eigenvalue weighted by Crippen LogP contribution is 2.29. The van der Waals surface area contributed by atoms with Crippen molar-refractivity contribution in [2.75, 3.05) is 20.2 Å². The summed E-state index contributed by atoms with van der Waals surface area (Å²) >= 11 is 0. The Bertz CT molecular complexity index is 821. The molecule has 0 radical (unpaired) electrons. The molecule has 0 bridgehead atoms. The maximum atomic E-state index is 12.8. The smallest absolute Gasteiger partial charge is 0.416 e. The van der Waals surface area contributed by atoms with Crippen LogP contribution in [0.5, 0.6) is 11.9 Å². The van der Waals surface area contributed by atoms with Crippen molar-refractivity contribution in [2.24, 2.45) is 0 Å². The fourth-order valence-electron chi connectivity index (χ4n) is 3.03. The second-order valence-corrected chi connectivity index (χ2v) is 6.45. The zero-order valence-corrected chi connectivity index (χ0v) is 15.3. The second kappa shape index (κ2) is 8.45. The van der Waals surface area contributed by atoms with Crippen LogP contribution < -0.4 is 9.47 Å². The number of piperidine rings is 1. The largest absolute Gasteiger partial charge is 0.474 e. The van der Waals surface area contributed by atoms with E-state index in [1.807, 2.05) is 0 Å². The number of rotatable bonds is 5. The number of hydrogen-bond donors (Lipinski definition) is 0. The molecule has 1 aliphatic rings. The minimum absolute atomic E-state index is 0.0570. The van der Waals surface area contributed by atoms with Crippen molar-refractivity contribution in [1.82, 2.24) is 14.9 Å². The normalized spacial score (nSPS) is 15.4. The number of methoxy groups -OCH3 is 1. The number of hydrogen-bond acceptors (Lipinski definition) is 5. The summed E-state index contributed by atoms with van der Waals surface area (Å²) in [5.74, 6) is 0.210. The number of likely N-dealkylation sites (tertiary alicyclic amines) is 1. The Hall–Kier alpha value is -2.84. The van der Waals surface area contributed by atoms with Gasteiger partial charge in [-0.15, -0.1) is 0 Å². The summed E-state index contributed by atoms with van der Waals surface area (Å²) in [7, 11) is 1.47. The maximum Gasteiger partial charge on any atom is 0.416 e. The first-order chi connectivity index (χ1) is 13.3. The summed E-state index contributed by atoms with van der Waals surface area (Å²) < 4.78 is 49.2. The van der Waals surface area contributed by atoms with E-state index in [-0.39, 0.29) is 24.4 Å². The summed E-state index contributed by atoms with van der Waals surface area (Å²) in [5, 5.41) is 0. The van der Waals surface area contributed by atoms with E-state index < -0.39 is 11.7 Å². The molecule has 150 valence electrons. The van der Waals surface area contributed by atoms with Crippen molar-refractivity contribution in [3.05, 3.63) is 47.7 Å². The lowest BCUT2D eigenvalue weighted by molar-refractivity contribution is -0.138. The van der Waals surface area contributed by atoms with E-state index >= 15 is 0 Å². The molecule has 0 aliphatic carbocycles. The average Bonchev–Trinajstić information content (AvgIpc) is 2.68. The number of carbonyl (C=O) groups excluding carboxylic acids is 1. The number of amides is 1. The van der Waals surface area contributed by atoms with E-state index in [9.17, 15) is 18.0 Å². The summed E-state index contributed by atoms with van der Waals surface area (Å²) in [6, 6.07) is 6.72. The molecule has 28 heavy (non-hydrogen) atoms. The van der Waals surface area contributed by atoms with Gasteiger partial charge < -0.3 is 14.4 Å². The van der Waals surface area contributed by atoms with E-state index in [0.717, 1.165) is 12.1 Å². The van der Waals surface area contributed by atoms with Crippen molar-refractivity contribution in [2.45, 2.75) is 31.5 Å². The summed E-state index contributed by atoms with van der Waals surface area (Å²) in [6.45, 7) is 0.954. The van der Waals surface area contributed by atoms with Gasteiger partial charge in [-0.05, 0) is 11.6 Å². The molecule has 1 aromatic carbocycles. The Balaban J connectivity index is 1.52. The molecule has 2 heterocycles. The van der Waals surface area contributed by atoms with Gasteiger partial charge in [0.25, 0.3) is 0 Å². The van der Waals surface area contributed by atoms with Crippen LogP contribution in [-0.2, 0) is 17.4 Å². The minimum Gasteiger partial charge on any atom is -0.474 e. The van der Waals surface area contributed by atoms with Crippen LogP contribution in [0.3, 0.4) is 0 Å². The van der Waals surface area contributed by atoms with Crippen LogP contribution in [0.2, 0.25) is 0 Å². The number of alkyl halides is 3. The molecule has 0 atom stereocenters.